The highest BCUT2D eigenvalue weighted by atomic mass is 35.5. The molecule has 0 rings (SSSR count). The second-order valence-electron chi connectivity index (χ2n) is 8.26. The zero-order chi connectivity index (χ0) is 20.6. The molecule has 0 aliphatic carbocycles. The third-order valence-corrected chi connectivity index (χ3v) is 5.44. The van der Waals surface area contributed by atoms with Crippen molar-refractivity contribution in [2.75, 3.05) is 13.1 Å². The summed E-state index contributed by atoms with van der Waals surface area (Å²) < 4.78 is -0.756. The zero-order valence-electron chi connectivity index (χ0n) is 19.4. The van der Waals surface area contributed by atoms with Gasteiger partial charge in [0.15, 0.2) is 0 Å². The molecule has 0 aromatic carbocycles. The van der Waals surface area contributed by atoms with Gasteiger partial charge in [-0.25, -0.2) is 10.4 Å². The van der Waals surface area contributed by atoms with E-state index in [0.29, 0.717) is 16.9 Å². The van der Waals surface area contributed by atoms with Crippen molar-refractivity contribution in [1.29, 1.82) is 0 Å². The lowest BCUT2D eigenvalue weighted by molar-refractivity contribution is -1.16. The minimum absolute atomic E-state index is 0. The van der Waals surface area contributed by atoms with Crippen molar-refractivity contribution in [3.8, 4) is 0 Å². The fourth-order valence-corrected chi connectivity index (χ4v) is 3.47. The predicted molar refractivity (Wildman–Crippen MR) is 122 cm³/mol. The van der Waals surface area contributed by atoms with E-state index in [4.69, 9.17) is 16.1 Å². The van der Waals surface area contributed by atoms with Crippen LogP contribution in [0.3, 0.4) is 0 Å². The van der Waals surface area contributed by atoms with Crippen molar-refractivity contribution < 1.29 is 27.3 Å². The van der Waals surface area contributed by atoms with Gasteiger partial charge in [0.2, 0.25) is 0 Å². The molecule has 0 fully saturated rings. The highest BCUT2D eigenvalue weighted by Crippen LogP contribution is 2.13. The van der Waals surface area contributed by atoms with E-state index in [2.05, 4.69) is 6.92 Å². The number of quaternary nitrogens is 1. The molecular weight excluding hydrogens is 388 g/mol. The number of hydroxylamine groups is 2. The zero-order valence-corrected chi connectivity index (χ0v) is 22.2. The van der Waals surface area contributed by atoms with Gasteiger partial charge >= 0.3 is 10.4 Å². The molecular formula is C22H53ClN2O2Si. The van der Waals surface area contributed by atoms with Crippen molar-refractivity contribution >= 4 is 10.4 Å². The summed E-state index contributed by atoms with van der Waals surface area (Å²) in [6.45, 7) is 5.66. The van der Waals surface area contributed by atoms with Crippen LogP contribution >= 0.6 is 0 Å². The standard InChI is InChI=1S/C18H39N.C4H14NO2Si.ClH/c1-2-3-4-5-6-7-8-9-10-11-12-13-14-15-16-17-18-19;1-2-3-4-5(6,7)8;/h2-19H2,1H3;6-7H,2-4H2,1,8H3;1H/q;+1;/p-1. The van der Waals surface area contributed by atoms with E-state index in [1.807, 2.05) is 6.92 Å². The van der Waals surface area contributed by atoms with Gasteiger partial charge < -0.3 is 18.1 Å². The minimum Gasteiger partial charge on any atom is -1.00 e. The molecule has 0 radical (unpaired) electrons. The Hall–Kier alpha value is 0.347. The maximum absolute atomic E-state index is 8.70. The summed E-state index contributed by atoms with van der Waals surface area (Å²) in [5.74, 6) is 0. The van der Waals surface area contributed by atoms with E-state index >= 15 is 0 Å². The van der Waals surface area contributed by atoms with Crippen LogP contribution < -0.4 is 18.1 Å². The summed E-state index contributed by atoms with van der Waals surface area (Å²) in [4.78, 5) is 0. The topological polar surface area (TPSA) is 66.5 Å². The maximum Gasteiger partial charge on any atom is 0.307 e. The highest BCUT2D eigenvalue weighted by molar-refractivity contribution is 5.96. The Bertz CT molecular complexity index is 251. The van der Waals surface area contributed by atoms with Crippen LogP contribution in [-0.4, -0.2) is 38.4 Å². The van der Waals surface area contributed by atoms with Crippen LogP contribution in [-0.2, 0) is 0 Å². The molecule has 0 spiro atoms. The molecule has 0 aromatic heterocycles. The van der Waals surface area contributed by atoms with E-state index in [1.165, 1.54) is 103 Å². The quantitative estimate of drug-likeness (QED) is 0.164. The van der Waals surface area contributed by atoms with Crippen LogP contribution in [0, 0.1) is 0 Å². The molecule has 0 atom stereocenters. The van der Waals surface area contributed by atoms with Crippen LogP contribution in [0.15, 0.2) is 0 Å². The second-order valence-corrected chi connectivity index (χ2v) is 9.69. The van der Waals surface area contributed by atoms with Gasteiger partial charge in [0.25, 0.3) is 0 Å². The van der Waals surface area contributed by atoms with Gasteiger partial charge in [-0.2, -0.15) is 0 Å². The fourth-order valence-electron chi connectivity index (χ4n) is 3.15. The summed E-state index contributed by atoms with van der Waals surface area (Å²) in [7, 11) is 0.391. The monoisotopic (exact) mass is 440 g/mol. The number of hydrogen-bond acceptors (Lipinski definition) is 3. The first-order valence-electron chi connectivity index (χ1n) is 12.0. The first-order chi connectivity index (χ1) is 13.0. The van der Waals surface area contributed by atoms with Gasteiger partial charge in [0.1, 0.15) is 6.54 Å². The van der Waals surface area contributed by atoms with E-state index in [-0.39, 0.29) is 12.4 Å². The molecule has 0 aromatic rings. The Morgan fingerprint density at radius 3 is 1.07 bits per heavy atom. The lowest BCUT2D eigenvalue weighted by Crippen LogP contribution is -3.00. The average molecular weight is 441 g/mol. The predicted octanol–water partition coefficient (Wildman–Crippen LogP) is 2.87. The number of rotatable bonds is 19. The molecule has 0 saturated carbocycles. The Labute approximate surface area is 186 Å². The van der Waals surface area contributed by atoms with Gasteiger partial charge in [-0.15, -0.1) is 4.48 Å². The van der Waals surface area contributed by atoms with E-state index in [0.717, 1.165) is 19.4 Å². The number of nitrogens with zero attached hydrogens (tertiary/aromatic N) is 1. The van der Waals surface area contributed by atoms with Crippen LogP contribution in [0.4, 0.5) is 0 Å². The lowest BCUT2D eigenvalue weighted by atomic mass is 10.0. The maximum atomic E-state index is 8.70. The van der Waals surface area contributed by atoms with E-state index in [1.54, 1.807) is 0 Å². The van der Waals surface area contributed by atoms with Gasteiger partial charge in [0.05, 0.1) is 0 Å². The van der Waals surface area contributed by atoms with E-state index in [9.17, 15) is 0 Å². The SMILES string of the molecule is CCCCCCCCCCCCCCCCCCN.CCCC[N+](O)(O)[SiH3].[Cl-]. The molecule has 174 valence electrons. The molecule has 0 saturated heterocycles. The molecule has 0 bridgehead atoms. The van der Waals surface area contributed by atoms with Crippen molar-refractivity contribution in [2.45, 2.75) is 129 Å². The van der Waals surface area contributed by atoms with Crippen LogP contribution in [0.25, 0.3) is 0 Å². The molecule has 4 nitrogen and oxygen atoms in total. The van der Waals surface area contributed by atoms with Crippen molar-refractivity contribution in [1.82, 2.24) is 0 Å². The summed E-state index contributed by atoms with van der Waals surface area (Å²) >= 11 is 0. The number of nitrogens with two attached hydrogens (primary N) is 1. The Morgan fingerprint density at radius 2 is 0.857 bits per heavy atom. The fraction of sp³-hybridized carbons (Fsp3) is 1.00. The summed E-state index contributed by atoms with van der Waals surface area (Å²) in [5.41, 5.74) is 5.48. The number of halogens is 1. The van der Waals surface area contributed by atoms with Gasteiger partial charge in [-0.3, -0.25) is 0 Å². The molecule has 0 heterocycles. The Kier molecular flexibility index (Phi) is 32.2. The first-order valence-corrected chi connectivity index (χ1v) is 12.9. The van der Waals surface area contributed by atoms with Crippen LogP contribution in [0.1, 0.15) is 129 Å². The molecule has 4 N–H and O–H groups in total. The number of hydrogen-bond donors (Lipinski definition) is 3. The molecule has 28 heavy (non-hydrogen) atoms. The van der Waals surface area contributed by atoms with Crippen molar-refractivity contribution in [3.05, 3.63) is 0 Å². The molecule has 0 unspecified atom stereocenters. The summed E-state index contributed by atoms with van der Waals surface area (Å²) in [6.07, 6.45) is 24.8. The third-order valence-electron chi connectivity index (χ3n) is 4.99. The summed E-state index contributed by atoms with van der Waals surface area (Å²) in [5, 5.41) is 17.4. The van der Waals surface area contributed by atoms with Crippen LogP contribution in [0.2, 0.25) is 0 Å². The van der Waals surface area contributed by atoms with E-state index < -0.39 is 4.48 Å². The van der Waals surface area contributed by atoms with Gasteiger partial charge in [-0.05, 0) is 13.0 Å². The Balaban J connectivity index is -0.000000587. The van der Waals surface area contributed by atoms with Crippen LogP contribution in [0.5, 0.6) is 0 Å². The minimum atomic E-state index is -0.756. The van der Waals surface area contributed by atoms with Crippen molar-refractivity contribution in [2.24, 2.45) is 5.73 Å². The molecule has 0 aliphatic rings. The molecule has 0 amide bonds. The van der Waals surface area contributed by atoms with Gasteiger partial charge in [-0.1, -0.05) is 117 Å². The second kappa shape index (κ2) is 27.3. The summed E-state index contributed by atoms with van der Waals surface area (Å²) in [6, 6.07) is 0. The van der Waals surface area contributed by atoms with Crippen molar-refractivity contribution in [3.63, 3.8) is 0 Å². The third kappa shape index (κ3) is 37.1. The Morgan fingerprint density at radius 1 is 0.571 bits per heavy atom. The largest absolute Gasteiger partial charge is 1.00 e. The first kappa shape index (κ1) is 33.0. The highest BCUT2D eigenvalue weighted by Gasteiger charge is 2.10. The molecule has 0 aliphatic heterocycles. The number of unbranched alkanes of at least 4 members (excludes halogenated alkanes) is 16. The van der Waals surface area contributed by atoms with Gasteiger partial charge in [0, 0.05) is 6.42 Å². The smallest absolute Gasteiger partial charge is 0.307 e. The average Bonchev–Trinajstić information content (AvgIpc) is 2.63. The molecule has 6 heteroatoms. The lowest BCUT2D eigenvalue weighted by Gasteiger charge is -2.15. The normalized spacial score (nSPS) is 11.0.